The van der Waals surface area contributed by atoms with Gasteiger partial charge in [0.2, 0.25) is 0 Å². The molecule has 0 spiro atoms. The fourth-order valence-corrected chi connectivity index (χ4v) is 2.60. The maximum Gasteiger partial charge on any atom is 0.101 e. The van der Waals surface area contributed by atoms with Crippen molar-refractivity contribution in [3.63, 3.8) is 0 Å². The number of nitrogens with zero attached hydrogens (tertiary/aromatic N) is 1. The molecule has 2 aromatic rings. The minimum atomic E-state index is -0.453. The number of benzene rings is 1. The summed E-state index contributed by atoms with van der Waals surface area (Å²) in [6.45, 7) is 6.15. The van der Waals surface area contributed by atoms with Gasteiger partial charge in [0.1, 0.15) is 5.03 Å². The lowest BCUT2D eigenvalue weighted by atomic mass is 10.0. The first-order valence-corrected chi connectivity index (χ1v) is 7.29. The van der Waals surface area contributed by atoms with E-state index in [4.69, 9.17) is 0 Å². The van der Waals surface area contributed by atoms with E-state index in [1.165, 1.54) is 10.5 Å². The SMILES string of the molecule is CC(C)c1ccc(Sc2cc([C@@H](C)O)ccn2)cc1. The molecule has 0 bridgehead atoms. The summed E-state index contributed by atoms with van der Waals surface area (Å²) in [6, 6.07) is 12.3. The molecule has 0 amide bonds. The molecule has 1 heterocycles. The monoisotopic (exact) mass is 273 g/mol. The van der Waals surface area contributed by atoms with Crippen molar-refractivity contribution in [2.75, 3.05) is 0 Å². The van der Waals surface area contributed by atoms with E-state index in [-0.39, 0.29) is 0 Å². The Hall–Kier alpha value is -1.32. The Morgan fingerprint density at radius 1 is 1.00 bits per heavy atom. The van der Waals surface area contributed by atoms with E-state index in [1.807, 2.05) is 12.1 Å². The summed E-state index contributed by atoms with van der Waals surface area (Å²) < 4.78 is 0. The summed E-state index contributed by atoms with van der Waals surface area (Å²) in [5.41, 5.74) is 2.24. The number of aromatic nitrogens is 1. The van der Waals surface area contributed by atoms with Crippen molar-refractivity contribution in [2.45, 2.75) is 42.7 Å². The summed E-state index contributed by atoms with van der Waals surface area (Å²) in [7, 11) is 0. The molecule has 1 aromatic heterocycles. The zero-order chi connectivity index (χ0) is 13.8. The van der Waals surface area contributed by atoms with Gasteiger partial charge in [-0.25, -0.2) is 4.98 Å². The molecule has 1 aromatic carbocycles. The Bertz CT molecular complexity index is 535. The topological polar surface area (TPSA) is 33.1 Å². The zero-order valence-electron chi connectivity index (χ0n) is 11.5. The molecular formula is C16H19NOS. The predicted octanol–water partition coefficient (Wildman–Crippen LogP) is 4.41. The molecule has 0 aliphatic carbocycles. The Balaban J connectivity index is 2.14. The maximum absolute atomic E-state index is 9.57. The van der Waals surface area contributed by atoms with Crippen LogP contribution in [0.3, 0.4) is 0 Å². The van der Waals surface area contributed by atoms with Crippen LogP contribution >= 0.6 is 11.8 Å². The highest BCUT2D eigenvalue weighted by atomic mass is 32.2. The molecule has 2 nitrogen and oxygen atoms in total. The summed E-state index contributed by atoms with van der Waals surface area (Å²) in [6.07, 6.45) is 1.29. The van der Waals surface area contributed by atoms with Crippen LogP contribution in [-0.4, -0.2) is 10.1 Å². The molecule has 0 unspecified atom stereocenters. The molecule has 0 aliphatic rings. The van der Waals surface area contributed by atoms with Crippen molar-refractivity contribution in [1.82, 2.24) is 4.98 Å². The van der Waals surface area contributed by atoms with Gasteiger partial charge in [0.15, 0.2) is 0 Å². The van der Waals surface area contributed by atoms with Gasteiger partial charge in [-0.15, -0.1) is 0 Å². The highest BCUT2D eigenvalue weighted by molar-refractivity contribution is 7.99. The van der Waals surface area contributed by atoms with E-state index >= 15 is 0 Å². The highest BCUT2D eigenvalue weighted by Crippen LogP contribution is 2.28. The second-order valence-corrected chi connectivity index (χ2v) is 6.02. The fourth-order valence-electron chi connectivity index (χ4n) is 1.78. The largest absolute Gasteiger partial charge is 0.389 e. The third-order valence-electron chi connectivity index (χ3n) is 3.01. The summed E-state index contributed by atoms with van der Waals surface area (Å²) in [5.74, 6) is 0.552. The average molecular weight is 273 g/mol. The predicted molar refractivity (Wildman–Crippen MR) is 79.5 cm³/mol. The Morgan fingerprint density at radius 3 is 2.26 bits per heavy atom. The van der Waals surface area contributed by atoms with E-state index in [1.54, 1.807) is 24.9 Å². The summed E-state index contributed by atoms with van der Waals surface area (Å²) >= 11 is 1.62. The maximum atomic E-state index is 9.57. The first kappa shape index (κ1) is 14.1. The normalized spacial score (nSPS) is 12.7. The van der Waals surface area contributed by atoms with Gasteiger partial charge < -0.3 is 5.11 Å². The number of hydrogen-bond donors (Lipinski definition) is 1. The number of aliphatic hydroxyl groups excluding tert-OH is 1. The van der Waals surface area contributed by atoms with Gasteiger partial charge in [-0.3, -0.25) is 0 Å². The molecule has 19 heavy (non-hydrogen) atoms. The van der Waals surface area contributed by atoms with Crippen molar-refractivity contribution < 1.29 is 5.11 Å². The third-order valence-corrected chi connectivity index (χ3v) is 3.95. The minimum Gasteiger partial charge on any atom is -0.389 e. The quantitative estimate of drug-likeness (QED) is 0.895. The van der Waals surface area contributed by atoms with E-state index in [9.17, 15) is 5.11 Å². The van der Waals surface area contributed by atoms with Crippen LogP contribution in [0.15, 0.2) is 52.5 Å². The first-order valence-electron chi connectivity index (χ1n) is 6.48. The van der Waals surface area contributed by atoms with Crippen LogP contribution in [0.4, 0.5) is 0 Å². The van der Waals surface area contributed by atoms with Crippen molar-refractivity contribution in [3.05, 3.63) is 53.7 Å². The van der Waals surface area contributed by atoms with Gasteiger partial charge in [-0.1, -0.05) is 37.7 Å². The Kier molecular flexibility index (Phi) is 4.61. The van der Waals surface area contributed by atoms with Crippen molar-refractivity contribution in [2.24, 2.45) is 0 Å². The van der Waals surface area contributed by atoms with Crippen LogP contribution in [0.25, 0.3) is 0 Å². The molecule has 1 N–H and O–H groups in total. The van der Waals surface area contributed by atoms with E-state index < -0.39 is 6.10 Å². The highest BCUT2D eigenvalue weighted by Gasteiger charge is 2.05. The van der Waals surface area contributed by atoms with E-state index in [0.29, 0.717) is 5.92 Å². The van der Waals surface area contributed by atoms with Gasteiger partial charge in [-0.2, -0.15) is 0 Å². The Labute approximate surface area is 118 Å². The van der Waals surface area contributed by atoms with Crippen molar-refractivity contribution in [3.8, 4) is 0 Å². The standard InChI is InChI=1S/C16H19NOS/c1-11(2)13-4-6-15(7-5-13)19-16-10-14(12(3)18)8-9-17-16/h4-12,18H,1-3H3/t12-/m1/s1. The molecule has 0 saturated heterocycles. The van der Waals surface area contributed by atoms with Crippen molar-refractivity contribution in [1.29, 1.82) is 0 Å². The van der Waals surface area contributed by atoms with E-state index in [2.05, 4.69) is 43.1 Å². The third kappa shape index (κ3) is 3.82. The molecule has 2 rings (SSSR count). The average Bonchev–Trinajstić information content (AvgIpc) is 2.39. The minimum absolute atomic E-state index is 0.453. The second-order valence-electron chi connectivity index (χ2n) is 4.93. The van der Waals surface area contributed by atoms with Crippen molar-refractivity contribution >= 4 is 11.8 Å². The molecule has 3 heteroatoms. The summed E-state index contributed by atoms with van der Waals surface area (Å²) in [5, 5.41) is 10.5. The molecular weight excluding hydrogens is 254 g/mol. The lowest BCUT2D eigenvalue weighted by Gasteiger charge is -2.08. The molecule has 1 atom stereocenters. The smallest absolute Gasteiger partial charge is 0.101 e. The van der Waals surface area contributed by atoms with Gasteiger partial charge in [-0.05, 0) is 48.2 Å². The van der Waals surface area contributed by atoms with Gasteiger partial charge in [0, 0.05) is 11.1 Å². The zero-order valence-corrected chi connectivity index (χ0v) is 12.3. The number of aliphatic hydroxyl groups is 1. The van der Waals surface area contributed by atoms with Crippen LogP contribution in [0.2, 0.25) is 0 Å². The Morgan fingerprint density at radius 2 is 1.68 bits per heavy atom. The first-order chi connectivity index (χ1) is 9.06. The van der Waals surface area contributed by atoms with Gasteiger partial charge in [0.25, 0.3) is 0 Å². The van der Waals surface area contributed by atoms with Crippen LogP contribution in [0.5, 0.6) is 0 Å². The van der Waals surface area contributed by atoms with Gasteiger partial charge in [0.05, 0.1) is 6.10 Å². The van der Waals surface area contributed by atoms with Crippen LogP contribution < -0.4 is 0 Å². The lowest BCUT2D eigenvalue weighted by molar-refractivity contribution is 0.199. The van der Waals surface area contributed by atoms with E-state index in [0.717, 1.165) is 10.6 Å². The molecule has 0 fully saturated rings. The second kappa shape index (κ2) is 6.22. The molecule has 100 valence electrons. The molecule has 0 aliphatic heterocycles. The fraction of sp³-hybridized carbons (Fsp3) is 0.312. The molecule has 0 saturated carbocycles. The molecule has 0 radical (unpaired) electrons. The number of hydrogen-bond acceptors (Lipinski definition) is 3. The summed E-state index contributed by atoms with van der Waals surface area (Å²) in [4.78, 5) is 5.49. The number of rotatable bonds is 4. The van der Waals surface area contributed by atoms with Gasteiger partial charge >= 0.3 is 0 Å². The lowest BCUT2D eigenvalue weighted by Crippen LogP contribution is -1.92. The van der Waals surface area contributed by atoms with Crippen LogP contribution in [-0.2, 0) is 0 Å². The van der Waals surface area contributed by atoms with Crippen LogP contribution in [0, 0.1) is 0 Å². The van der Waals surface area contributed by atoms with Crippen LogP contribution in [0.1, 0.15) is 43.9 Å². The number of pyridine rings is 1.